The maximum Gasteiger partial charge on any atom is 0.251 e. The van der Waals surface area contributed by atoms with Crippen molar-refractivity contribution >= 4 is 17.0 Å². The Hall–Kier alpha value is -2.95. The summed E-state index contributed by atoms with van der Waals surface area (Å²) in [6.45, 7) is 6.69. The van der Waals surface area contributed by atoms with Crippen LogP contribution in [0.1, 0.15) is 40.8 Å². The third kappa shape index (κ3) is 4.72. The predicted molar refractivity (Wildman–Crippen MR) is 134 cm³/mol. The third-order valence-corrected chi connectivity index (χ3v) is 8.12. The van der Waals surface area contributed by atoms with Gasteiger partial charge in [0.2, 0.25) is 11.9 Å². The minimum absolute atomic E-state index is 0.186. The van der Waals surface area contributed by atoms with Gasteiger partial charge in [0, 0.05) is 78.1 Å². The van der Waals surface area contributed by atoms with Gasteiger partial charge in [-0.2, -0.15) is 0 Å². The molecule has 0 saturated carbocycles. The second-order valence-corrected chi connectivity index (χ2v) is 10.9. The van der Waals surface area contributed by atoms with E-state index in [2.05, 4.69) is 34.6 Å². The van der Waals surface area contributed by atoms with Crippen LogP contribution in [0.25, 0.3) is 5.70 Å². The van der Waals surface area contributed by atoms with Crippen LogP contribution >= 0.6 is 11.3 Å². The van der Waals surface area contributed by atoms with Crippen LogP contribution < -0.4 is 15.4 Å². The molecule has 0 aromatic carbocycles. The lowest BCUT2D eigenvalue weighted by Gasteiger charge is -2.43. The minimum atomic E-state index is -2.64. The smallest absolute Gasteiger partial charge is 0.251 e. The van der Waals surface area contributed by atoms with E-state index in [1.165, 1.54) is 4.88 Å². The Kier molecular flexibility index (Phi) is 6.52. The summed E-state index contributed by atoms with van der Waals surface area (Å²) in [5.74, 6) is -2.64. The number of nitrogens with one attached hydrogen (secondary N) is 2. The molecule has 4 N–H and O–H groups in total. The number of nitrogens with zero attached hydrogens (tertiary/aromatic N) is 3. The highest BCUT2D eigenvalue weighted by molar-refractivity contribution is 7.13. The van der Waals surface area contributed by atoms with Crippen LogP contribution in [0.5, 0.6) is 0 Å². The zero-order valence-corrected chi connectivity index (χ0v) is 21.4. The standard InChI is InChI=1S/C26H32F2N5O2S/c1-16-4-6-19(15-32(16)35)13-30-25(34)20-12-21(31-10-8-26(27,28)9-11-31)24-29-14-22(33(24)18(20)3)23-7-5-17(2)36-23/h4-7,12,14-15,24-25,29-30,34-35H,8-11,13H2,1-3H3/q+1. The Morgan fingerprint density at radius 2 is 1.94 bits per heavy atom. The number of fused-ring (bicyclic) bond motifs is 1. The van der Waals surface area contributed by atoms with Crippen molar-refractivity contribution in [1.29, 1.82) is 0 Å². The molecule has 0 amide bonds. The highest BCUT2D eigenvalue weighted by atomic mass is 32.1. The Labute approximate surface area is 213 Å². The SMILES string of the molecule is CC1=C(C(O)NCc2ccc(C)[n+](O)c2)C=C(N2CCC(F)(F)CC2)C2NC=C(c3ccc(C)s3)N12. The zero-order valence-electron chi connectivity index (χ0n) is 20.6. The van der Waals surface area contributed by atoms with Crippen LogP contribution in [0.2, 0.25) is 0 Å². The van der Waals surface area contributed by atoms with E-state index in [-0.39, 0.29) is 32.1 Å². The molecule has 1 fully saturated rings. The van der Waals surface area contributed by atoms with Gasteiger partial charge in [-0.15, -0.1) is 11.3 Å². The summed E-state index contributed by atoms with van der Waals surface area (Å²) in [6.07, 6.45) is 3.92. The number of alkyl halides is 2. The number of thiophene rings is 1. The number of aliphatic hydroxyl groups excluding tert-OH is 1. The zero-order chi connectivity index (χ0) is 25.6. The van der Waals surface area contributed by atoms with Crippen molar-refractivity contribution in [2.45, 2.75) is 58.5 Å². The quantitative estimate of drug-likeness (QED) is 0.268. The number of aryl methyl sites for hydroxylation is 2. The summed E-state index contributed by atoms with van der Waals surface area (Å²) < 4.78 is 28.9. The van der Waals surface area contributed by atoms with E-state index in [4.69, 9.17) is 0 Å². The molecule has 0 bridgehead atoms. The first-order valence-electron chi connectivity index (χ1n) is 12.1. The summed E-state index contributed by atoms with van der Waals surface area (Å²) in [4.78, 5) is 6.46. The van der Waals surface area contributed by atoms with Gasteiger partial charge in [-0.25, -0.2) is 8.78 Å². The Bertz CT molecular complexity index is 1240. The summed E-state index contributed by atoms with van der Waals surface area (Å²) in [7, 11) is 0. The molecule has 0 spiro atoms. The number of likely N-dealkylation sites (tertiary alicyclic amines) is 1. The lowest BCUT2D eigenvalue weighted by atomic mass is 9.99. The lowest BCUT2D eigenvalue weighted by Crippen LogP contribution is -2.50. The van der Waals surface area contributed by atoms with Gasteiger partial charge in [0.1, 0.15) is 12.4 Å². The maximum atomic E-state index is 13.9. The number of hydrogen-bond acceptors (Lipinski definition) is 7. The fourth-order valence-corrected chi connectivity index (χ4v) is 5.83. The molecule has 5 heterocycles. The van der Waals surface area contributed by atoms with Crippen LogP contribution in [0.4, 0.5) is 8.78 Å². The molecule has 10 heteroatoms. The number of hydrogen-bond donors (Lipinski definition) is 4. The average Bonchev–Trinajstić information content (AvgIpc) is 3.47. The summed E-state index contributed by atoms with van der Waals surface area (Å²) in [5.41, 5.74) is 4.96. The molecule has 1 saturated heterocycles. The molecule has 3 aliphatic rings. The van der Waals surface area contributed by atoms with E-state index < -0.39 is 12.2 Å². The highest BCUT2D eigenvalue weighted by Gasteiger charge is 2.41. The summed E-state index contributed by atoms with van der Waals surface area (Å²) >= 11 is 1.69. The molecule has 2 atom stereocenters. The van der Waals surface area contributed by atoms with Gasteiger partial charge in [-0.05, 0) is 38.1 Å². The maximum absolute atomic E-state index is 13.9. The number of halogens is 2. The van der Waals surface area contributed by atoms with Gasteiger partial charge < -0.3 is 20.2 Å². The predicted octanol–water partition coefficient (Wildman–Crippen LogP) is 3.43. The van der Waals surface area contributed by atoms with E-state index in [0.29, 0.717) is 17.8 Å². The summed E-state index contributed by atoms with van der Waals surface area (Å²) in [6, 6.07) is 7.85. The first kappa shape index (κ1) is 24.7. The van der Waals surface area contributed by atoms with E-state index >= 15 is 0 Å². The molecule has 7 nitrogen and oxygen atoms in total. The lowest BCUT2D eigenvalue weighted by molar-refractivity contribution is -0.909. The number of pyridine rings is 1. The van der Waals surface area contributed by atoms with E-state index in [0.717, 1.165) is 32.3 Å². The van der Waals surface area contributed by atoms with Gasteiger partial charge in [0.15, 0.2) is 0 Å². The molecular weight excluding hydrogens is 484 g/mol. The van der Waals surface area contributed by atoms with E-state index in [1.54, 1.807) is 30.5 Å². The van der Waals surface area contributed by atoms with Gasteiger partial charge in [0.25, 0.3) is 5.92 Å². The average molecular weight is 517 g/mol. The molecule has 2 aromatic rings. The van der Waals surface area contributed by atoms with Crippen LogP contribution in [-0.2, 0) is 6.54 Å². The normalized spacial score (nSPS) is 22.2. The molecule has 192 valence electrons. The van der Waals surface area contributed by atoms with Gasteiger partial charge >= 0.3 is 0 Å². The molecular formula is C26H32F2N5O2S+. The molecule has 0 aliphatic carbocycles. The Morgan fingerprint density at radius 1 is 1.19 bits per heavy atom. The van der Waals surface area contributed by atoms with Gasteiger partial charge in [0.05, 0.1) is 16.3 Å². The van der Waals surface area contributed by atoms with Crippen molar-refractivity contribution in [2.75, 3.05) is 13.1 Å². The minimum Gasteiger partial charge on any atom is -0.374 e. The van der Waals surface area contributed by atoms with Crippen molar-refractivity contribution in [3.8, 4) is 0 Å². The largest absolute Gasteiger partial charge is 0.374 e. The van der Waals surface area contributed by atoms with Crippen LogP contribution in [-0.4, -0.2) is 51.5 Å². The second-order valence-electron chi connectivity index (χ2n) is 9.64. The molecule has 5 rings (SSSR count). The van der Waals surface area contributed by atoms with E-state index in [9.17, 15) is 19.1 Å². The first-order valence-corrected chi connectivity index (χ1v) is 12.9. The number of allylic oxidation sites excluding steroid dienone is 1. The Balaban J connectivity index is 1.45. The van der Waals surface area contributed by atoms with E-state index in [1.807, 2.05) is 30.2 Å². The number of rotatable bonds is 6. The first-order chi connectivity index (χ1) is 17.1. The van der Waals surface area contributed by atoms with Crippen molar-refractivity contribution in [1.82, 2.24) is 20.4 Å². The summed E-state index contributed by atoms with van der Waals surface area (Å²) in [5, 5.41) is 27.8. The van der Waals surface area contributed by atoms with Crippen LogP contribution in [0.3, 0.4) is 0 Å². The topological polar surface area (TPSA) is 74.9 Å². The number of aliphatic hydroxyl groups is 1. The van der Waals surface area contributed by atoms with Crippen molar-refractivity contribution in [3.63, 3.8) is 0 Å². The molecule has 36 heavy (non-hydrogen) atoms. The molecule has 2 aromatic heterocycles. The van der Waals surface area contributed by atoms with Crippen LogP contribution in [0, 0.1) is 13.8 Å². The second kappa shape index (κ2) is 9.49. The van der Waals surface area contributed by atoms with Gasteiger partial charge in [-0.3, -0.25) is 10.5 Å². The monoisotopic (exact) mass is 516 g/mol. The fourth-order valence-electron chi connectivity index (χ4n) is 4.94. The number of piperidine rings is 1. The van der Waals surface area contributed by atoms with Crippen molar-refractivity contribution in [3.05, 3.63) is 80.7 Å². The number of aromatic nitrogens is 1. The Morgan fingerprint density at radius 3 is 2.61 bits per heavy atom. The van der Waals surface area contributed by atoms with Gasteiger partial charge in [-0.1, -0.05) is 0 Å². The molecule has 0 radical (unpaired) electrons. The highest BCUT2D eigenvalue weighted by Crippen LogP contribution is 2.41. The third-order valence-electron chi connectivity index (χ3n) is 7.09. The fraction of sp³-hybridized carbons (Fsp3) is 0.423. The van der Waals surface area contributed by atoms with Crippen molar-refractivity contribution in [2.24, 2.45) is 0 Å². The molecule has 2 unspecified atom stereocenters. The van der Waals surface area contributed by atoms with Crippen LogP contribution in [0.15, 0.2) is 59.7 Å². The van der Waals surface area contributed by atoms with Crippen molar-refractivity contribution < 1.29 is 23.8 Å². The molecule has 3 aliphatic heterocycles.